The fourth-order valence-electron chi connectivity index (χ4n) is 1.67. The second-order valence-electron chi connectivity index (χ2n) is 4.22. The summed E-state index contributed by atoms with van der Waals surface area (Å²) < 4.78 is 13.1. The lowest BCUT2D eigenvalue weighted by Gasteiger charge is -2.08. The van der Waals surface area contributed by atoms with Crippen molar-refractivity contribution in [2.45, 2.75) is 6.92 Å². The van der Waals surface area contributed by atoms with Crippen molar-refractivity contribution in [2.75, 3.05) is 17.7 Å². The average molecular weight is 294 g/mol. The molecule has 0 unspecified atom stereocenters. The Bertz CT molecular complexity index is 661. The van der Waals surface area contributed by atoms with E-state index in [1.54, 1.807) is 20.0 Å². The summed E-state index contributed by atoms with van der Waals surface area (Å²) in [6.45, 7) is 1.63. The van der Waals surface area contributed by atoms with E-state index in [0.29, 0.717) is 27.7 Å². The third-order valence-electron chi connectivity index (χ3n) is 2.76. The van der Waals surface area contributed by atoms with Gasteiger partial charge in [0.15, 0.2) is 0 Å². The number of benzene rings is 1. The highest BCUT2D eigenvalue weighted by molar-refractivity contribution is 6.33. The van der Waals surface area contributed by atoms with E-state index in [9.17, 15) is 9.18 Å². The Hall–Kier alpha value is -2.14. The van der Waals surface area contributed by atoms with E-state index in [1.807, 2.05) is 0 Å². The zero-order chi connectivity index (χ0) is 14.7. The lowest BCUT2D eigenvalue weighted by molar-refractivity contribution is 0.102. The largest absolute Gasteiger partial charge is 0.372 e. The molecule has 0 fully saturated rings. The molecule has 6 heteroatoms. The Balaban J connectivity index is 2.19. The minimum atomic E-state index is -0.354. The fourth-order valence-corrected chi connectivity index (χ4v) is 1.93. The number of carbonyl (C=O) groups excluding carboxylic acids is 1. The summed E-state index contributed by atoms with van der Waals surface area (Å²) in [5.41, 5.74) is 1.31. The fraction of sp³-hybridized carbons (Fsp3) is 0.143. The highest BCUT2D eigenvalue weighted by Gasteiger charge is 2.10. The standard InChI is InChI=1S/C14H13ClFN3O/c1-8-5-10(3-4-12(8)16)19-14(20)9-6-11(15)13(17-2)18-7-9/h3-7H,1-2H3,(H,17,18)(H,19,20). The summed E-state index contributed by atoms with van der Waals surface area (Å²) in [4.78, 5) is 16.1. The number of aromatic nitrogens is 1. The molecule has 0 atom stereocenters. The van der Waals surface area contributed by atoms with Crippen LogP contribution in [0.5, 0.6) is 0 Å². The number of carbonyl (C=O) groups is 1. The number of rotatable bonds is 3. The predicted octanol–water partition coefficient (Wildman–Crippen LogP) is 3.48. The van der Waals surface area contributed by atoms with Crippen molar-refractivity contribution in [3.63, 3.8) is 0 Å². The minimum Gasteiger partial charge on any atom is -0.372 e. The first-order chi connectivity index (χ1) is 9.51. The van der Waals surface area contributed by atoms with Gasteiger partial charge >= 0.3 is 0 Å². The van der Waals surface area contributed by atoms with E-state index < -0.39 is 0 Å². The number of hydrogen-bond donors (Lipinski definition) is 2. The smallest absolute Gasteiger partial charge is 0.257 e. The van der Waals surface area contributed by atoms with E-state index >= 15 is 0 Å². The number of amides is 1. The van der Waals surface area contributed by atoms with Crippen molar-refractivity contribution >= 4 is 29.0 Å². The lowest BCUT2D eigenvalue weighted by Crippen LogP contribution is -2.13. The molecular formula is C14H13ClFN3O. The van der Waals surface area contributed by atoms with Gasteiger partial charge in [-0.25, -0.2) is 9.37 Å². The molecule has 4 nitrogen and oxygen atoms in total. The number of nitrogens with one attached hydrogen (secondary N) is 2. The second kappa shape index (κ2) is 5.88. The Kier molecular flexibility index (Phi) is 4.20. The zero-order valence-corrected chi connectivity index (χ0v) is 11.8. The highest BCUT2D eigenvalue weighted by Crippen LogP contribution is 2.20. The van der Waals surface area contributed by atoms with E-state index in [0.717, 1.165) is 0 Å². The van der Waals surface area contributed by atoms with Crippen LogP contribution in [0.25, 0.3) is 0 Å². The molecule has 1 amide bonds. The van der Waals surface area contributed by atoms with Gasteiger partial charge in [-0.2, -0.15) is 0 Å². The Labute approximate surface area is 121 Å². The molecular weight excluding hydrogens is 281 g/mol. The molecule has 0 saturated heterocycles. The zero-order valence-electron chi connectivity index (χ0n) is 11.0. The molecule has 0 aliphatic carbocycles. The maximum absolute atomic E-state index is 13.1. The van der Waals surface area contributed by atoms with Gasteiger partial charge in [0, 0.05) is 18.9 Å². The van der Waals surface area contributed by atoms with Crippen LogP contribution in [-0.2, 0) is 0 Å². The monoisotopic (exact) mass is 293 g/mol. The highest BCUT2D eigenvalue weighted by atomic mass is 35.5. The molecule has 0 bridgehead atoms. The van der Waals surface area contributed by atoms with Crippen molar-refractivity contribution in [3.8, 4) is 0 Å². The first-order valence-corrected chi connectivity index (χ1v) is 6.30. The first kappa shape index (κ1) is 14.3. The molecule has 2 rings (SSSR count). The summed E-state index contributed by atoms with van der Waals surface area (Å²) in [5.74, 6) is -0.167. The van der Waals surface area contributed by atoms with Gasteiger partial charge in [-0.05, 0) is 36.8 Å². The van der Waals surface area contributed by atoms with Crippen LogP contribution >= 0.6 is 11.6 Å². The van der Waals surface area contributed by atoms with Gasteiger partial charge < -0.3 is 10.6 Å². The van der Waals surface area contributed by atoms with Crippen LogP contribution in [0.15, 0.2) is 30.5 Å². The third kappa shape index (κ3) is 3.05. The van der Waals surface area contributed by atoms with Crippen molar-refractivity contribution in [3.05, 3.63) is 52.4 Å². The molecule has 0 aliphatic rings. The van der Waals surface area contributed by atoms with Gasteiger partial charge in [0.05, 0.1) is 10.6 Å². The van der Waals surface area contributed by atoms with Gasteiger partial charge in [-0.3, -0.25) is 4.79 Å². The van der Waals surface area contributed by atoms with Gasteiger partial charge in [0.1, 0.15) is 11.6 Å². The molecule has 1 aromatic heterocycles. The molecule has 0 saturated carbocycles. The molecule has 104 valence electrons. The van der Waals surface area contributed by atoms with E-state index in [2.05, 4.69) is 15.6 Å². The van der Waals surface area contributed by atoms with Crippen LogP contribution in [0.2, 0.25) is 5.02 Å². The summed E-state index contributed by atoms with van der Waals surface area (Å²) >= 11 is 5.97. The lowest BCUT2D eigenvalue weighted by atomic mass is 10.2. The van der Waals surface area contributed by atoms with E-state index in [-0.39, 0.29) is 11.7 Å². The Morgan fingerprint density at radius 1 is 1.35 bits per heavy atom. The van der Waals surface area contributed by atoms with Crippen LogP contribution in [0.4, 0.5) is 15.9 Å². The molecule has 0 aliphatic heterocycles. The Morgan fingerprint density at radius 3 is 2.70 bits per heavy atom. The summed E-state index contributed by atoms with van der Waals surface area (Å²) in [6, 6.07) is 5.88. The minimum absolute atomic E-state index is 0.314. The van der Waals surface area contributed by atoms with Gasteiger partial charge in [-0.15, -0.1) is 0 Å². The van der Waals surface area contributed by atoms with Crippen molar-refractivity contribution in [1.82, 2.24) is 4.98 Å². The molecule has 2 aromatic rings. The molecule has 0 spiro atoms. The molecule has 1 aromatic carbocycles. The molecule has 1 heterocycles. The van der Waals surface area contributed by atoms with Gasteiger partial charge in [0.2, 0.25) is 0 Å². The van der Waals surface area contributed by atoms with Gasteiger partial charge in [0.25, 0.3) is 5.91 Å². The van der Waals surface area contributed by atoms with E-state index in [4.69, 9.17) is 11.6 Å². The number of aryl methyl sites for hydroxylation is 1. The van der Waals surface area contributed by atoms with Gasteiger partial charge in [-0.1, -0.05) is 11.6 Å². The van der Waals surface area contributed by atoms with E-state index in [1.165, 1.54) is 24.4 Å². The maximum Gasteiger partial charge on any atom is 0.257 e. The van der Waals surface area contributed by atoms with Crippen molar-refractivity contribution in [2.24, 2.45) is 0 Å². The number of anilines is 2. The normalized spacial score (nSPS) is 10.2. The molecule has 2 N–H and O–H groups in total. The number of pyridine rings is 1. The summed E-state index contributed by atoms with van der Waals surface area (Å²) in [6.07, 6.45) is 1.42. The van der Waals surface area contributed by atoms with Crippen LogP contribution in [0, 0.1) is 12.7 Å². The summed E-state index contributed by atoms with van der Waals surface area (Å²) in [7, 11) is 1.69. The third-order valence-corrected chi connectivity index (χ3v) is 3.04. The topological polar surface area (TPSA) is 54.0 Å². The Morgan fingerprint density at radius 2 is 2.10 bits per heavy atom. The molecule has 0 radical (unpaired) electrons. The predicted molar refractivity (Wildman–Crippen MR) is 77.9 cm³/mol. The number of hydrogen-bond acceptors (Lipinski definition) is 3. The average Bonchev–Trinajstić information content (AvgIpc) is 2.42. The van der Waals surface area contributed by atoms with Crippen LogP contribution in [0.1, 0.15) is 15.9 Å². The number of halogens is 2. The van der Waals surface area contributed by atoms with Crippen molar-refractivity contribution in [1.29, 1.82) is 0 Å². The quantitative estimate of drug-likeness (QED) is 0.911. The molecule has 20 heavy (non-hydrogen) atoms. The first-order valence-electron chi connectivity index (χ1n) is 5.92. The second-order valence-corrected chi connectivity index (χ2v) is 4.63. The summed E-state index contributed by atoms with van der Waals surface area (Å²) in [5, 5.41) is 5.83. The SMILES string of the molecule is CNc1ncc(C(=O)Nc2ccc(F)c(C)c2)cc1Cl. The maximum atomic E-state index is 13.1. The number of nitrogens with zero attached hydrogens (tertiary/aromatic N) is 1. The van der Waals surface area contributed by atoms with Crippen LogP contribution < -0.4 is 10.6 Å². The van der Waals surface area contributed by atoms with Crippen LogP contribution in [0.3, 0.4) is 0 Å². The van der Waals surface area contributed by atoms with Crippen molar-refractivity contribution < 1.29 is 9.18 Å². The van der Waals surface area contributed by atoms with Crippen LogP contribution in [-0.4, -0.2) is 17.9 Å².